The second-order valence-electron chi connectivity index (χ2n) is 1.21. The lowest BCUT2D eigenvalue weighted by molar-refractivity contribution is 1.63. The van der Waals surface area contributed by atoms with Gasteiger partial charge in [0.25, 0.3) is 0 Å². The number of hydrogen-bond acceptors (Lipinski definition) is 2. The van der Waals surface area contributed by atoms with Gasteiger partial charge >= 0.3 is 0 Å². The molecular formula is C4H3BS2. The van der Waals surface area contributed by atoms with Gasteiger partial charge in [-0.2, -0.15) is 11.3 Å². The van der Waals surface area contributed by atoms with Gasteiger partial charge in [-0.1, -0.05) is 0 Å². The second kappa shape index (κ2) is 1.93. The highest BCUT2D eigenvalue weighted by Crippen LogP contribution is 2.05. The highest BCUT2D eigenvalue weighted by molar-refractivity contribution is 7.80. The van der Waals surface area contributed by atoms with Crippen molar-refractivity contribution in [3.05, 3.63) is 11.4 Å². The zero-order valence-corrected chi connectivity index (χ0v) is 5.30. The molecular weight excluding hydrogens is 123 g/mol. The van der Waals surface area contributed by atoms with E-state index in [0.29, 0.717) is 0 Å². The predicted molar refractivity (Wildman–Crippen MR) is 37.0 cm³/mol. The minimum absolute atomic E-state index is 0.824. The molecule has 2 radical (unpaired) electrons. The third kappa shape index (κ3) is 1.25. The van der Waals surface area contributed by atoms with E-state index >= 15 is 0 Å². The maximum Gasteiger partial charge on any atom is 0.128 e. The van der Waals surface area contributed by atoms with Crippen LogP contribution in [0.25, 0.3) is 0 Å². The maximum absolute atomic E-state index is 5.35. The fraction of sp³-hybridized carbons (Fsp3) is 0. The maximum atomic E-state index is 5.35. The Hall–Kier alpha value is 0.115. The van der Waals surface area contributed by atoms with Crippen LogP contribution in [0.2, 0.25) is 0 Å². The first-order valence-corrected chi connectivity index (χ1v) is 3.15. The quantitative estimate of drug-likeness (QED) is 0.386. The molecule has 1 aromatic heterocycles. The Labute approximate surface area is 53.4 Å². The lowest BCUT2D eigenvalue weighted by atomic mass is 10.1. The summed E-state index contributed by atoms with van der Waals surface area (Å²) in [5, 5.41) is 1.90. The van der Waals surface area contributed by atoms with E-state index in [4.69, 9.17) is 7.85 Å². The fourth-order valence-corrected chi connectivity index (χ4v) is 1.25. The van der Waals surface area contributed by atoms with Crippen molar-refractivity contribution in [1.82, 2.24) is 0 Å². The summed E-state index contributed by atoms with van der Waals surface area (Å²) in [6, 6.07) is 1.83. The van der Waals surface area contributed by atoms with Gasteiger partial charge in [-0.25, -0.2) is 0 Å². The summed E-state index contributed by atoms with van der Waals surface area (Å²) in [7, 11) is 5.35. The Bertz CT molecular complexity index is 142. The van der Waals surface area contributed by atoms with Crippen LogP contribution in [0.1, 0.15) is 0 Å². The number of hydrogen-bond donors (Lipinski definition) is 1. The standard InChI is InChI=1S/C4H3BS2/c5-4-1-3(6)2-7-4/h1-2,6H. The molecule has 0 saturated carbocycles. The number of thiol groups is 1. The fourth-order valence-electron chi connectivity index (χ4n) is 0.342. The van der Waals surface area contributed by atoms with Crippen molar-refractivity contribution in [2.75, 3.05) is 0 Å². The molecule has 0 unspecified atom stereocenters. The summed E-state index contributed by atoms with van der Waals surface area (Å²) in [6.45, 7) is 0. The summed E-state index contributed by atoms with van der Waals surface area (Å²) in [4.78, 5) is 0.947. The Balaban J connectivity index is 3.04. The van der Waals surface area contributed by atoms with E-state index in [1.807, 2.05) is 11.4 Å². The molecule has 3 heteroatoms. The third-order valence-corrected chi connectivity index (χ3v) is 1.80. The van der Waals surface area contributed by atoms with Crippen LogP contribution in [0.15, 0.2) is 16.3 Å². The zero-order valence-electron chi connectivity index (χ0n) is 3.59. The molecule has 0 amide bonds. The van der Waals surface area contributed by atoms with Crippen LogP contribution in [0, 0.1) is 0 Å². The molecule has 1 aromatic rings. The van der Waals surface area contributed by atoms with Crippen LogP contribution in [-0.4, -0.2) is 7.85 Å². The molecule has 1 heterocycles. The summed E-state index contributed by atoms with van der Waals surface area (Å²) in [5.74, 6) is 0. The highest BCUT2D eigenvalue weighted by Gasteiger charge is 1.84. The normalized spacial score (nSPS) is 9.29. The van der Waals surface area contributed by atoms with Gasteiger partial charge in [-0.3, -0.25) is 0 Å². The summed E-state index contributed by atoms with van der Waals surface area (Å²) in [5.41, 5.74) is 0. The van der Waals surface area contributed by atoms with Crippen LogP contribution in [0.5, 0.6) is 0 Å². The lowest BCUT2D eigenvalue weighted by Gasteiger charge is -1.69. The number of thiophene rings is 1. The Morgan fingerprint density at radius 2 is 2.43 bits per heavy atom. The lowest BCUT2D eigenvalue weighted by Crippen LogP contribution is -1.88. The molecule has 0 spiro atoms. The average molecular weight is 126 g/mol. The molecule has 1 rings (SSSR count). The van der Waals surface area contributed by atoms with Gasteiger partial charge in [-0.05, 0) is 10.8 Å². The van der Waals surface area contributed by atoms with E-state index in [2.05, 4.69) is 12.6 Å². The molecule has 0 aromatic carbocycles. The minimum Gasteiger partial charge on any atom is -0.159 e. The van der Waals surface area contributed by atoms with Crippen molar-refractivity contribution >= 4 is 36.6 Å². The second-order valence-corrected chi connectivity index (χ2v) is 2.67. The van der Waals surface area contributed by atoms with Crippen molar-refractivity contribution in [2.45, 2.75) is 4.90 Å². The van der Waals surface area contributed by atoms with Gasteiger partial charge in [0, 0.05) is 10.3 Å². The molecule has 0 aliphatic heterocycles. The SMILES string of the molecule is [B]c1cc(S)cs1. The Morgan fingerprint density at radius 1 is 1.71 bits per heavy atom. The van der Waals surface area contributed by atoms with Crippen LogP contribution in [0.4, 0.5) is 0 Å². The first-order chi connectivity index (χ1) is 3.29. The van der Waals surface area contributed by atoms with Crippen molar-refractivity contribution in [1.29, 1.82) is 0 Å². The third-order valence-electron chi connectivity index (χ3n) is 0.606. The Kier molecular flexibility index (Phi) is 1.45. The largest absolute Gasteiger partial charge is 0.159 e. The van der Waals surface area contributed by atoms with Crippen LogP contribution in [0.3, 0.4) is 0 Å². The van der Waals surface area contributed by atoms with E-state index in [0.717, 1.165) is 9.67 Å². The first kappa shape index (κ1) is 5.26. The molecule has 0 N–H and O–H groups in total. The van der Waals surface area contributed by atoms with Crippen LogP contribution >= 0.6 is 24.0 Å². The summed E-state index contributed by atoms with van der Waals surface area (Å²) < 4.78 is 0.824. The summed E-state index contributed by atoms with van der Waals surface area (Å²) >= 11 is 5.54. The van der Waals surface area contributed by atoms with Gasteiger partial charge in [0.1, 0.15) is 7.85 Å². The molecule has 34 valence electrons. The average Bonchev–Trinajstić information content (AvgIpc) is 1.87. The monoisotopic (exact) mass is 126 g/mol. The molecule has 0 aliphatic carbocycles. The van der Waals surface area contributed by atoms with E-state index in [9.17, 15) is 0 Å². The molecule has 0 saturated heterocycles. The number of rotatable bonds is 0. The predicted octanol–water partition coefficient (Wildman–Crippen LogP) is 0.831. The van der Waals surface area contributed by atoms with E-state index in [1.165, 1.54) is 11.3 Å². The topological polar surface area (TPSA) is 0 Å². The van der Waals surface area contributed by atoms with Gasteiger partial charge in [0.15, 0.2) is 0 Å². The van der Waals surface area contributed by atoms with E-state index in [1.54, 1.807) is 0 Å². The van der Waals surface area contributed by atoms with Gasteiger partial charge < -0.3 is 0 Å². The van der Waals surface area contributed by atoms with Gasteiger partial charge in [0.05, 0.1) is 0 Å². The van der Waals surface area contributed by atoms with E-state index in [-0.39, 0.29) is 0 Å². The molecule has 0 aliphatic rings. The van der Waals surface area contributed by atoms with Gasteiger partial charge in [0.2, 0.25) is 0 Å². The van der Waals surface area contributed by atoms with Crippen molar-refractivity contribution in [3.8, 4) is 0 Å². The van der Waals surface area contributed by atoms with Crippen molar-refractivity contribution in [2.24, 2.45) is 0 Å². The molecule has 0 bridgehead atoms. The van der Waals surface area contributed by atoms with Gasteiger partial charge in [-0.15, -0.1) is 12.6 Å². The molecule has 0 atom stereocenters. The zero-order chi connectivity index (χ0) is 5.28. The summed E-state index contributed by atoms with van der Waals surface area (Å²) in [6.07, 6.45) is 0. The van der Waals surface area contributed by atoms with E-state index < -0.39 is 0 Å². The molecule has 7 heavy (non-hydrogen) atoms. The van der Waals surface area contributed by atoms with Crippen LogP contribution in [-0.2, 0) is 0 Å². The Morgan fingerprint density at radius 3 is 2.57 bits per heavy atom. The van der Waals surface area contributed by atoms with Crippen LogP contribution < -0.4 is 4.78 Å². The first-order valence-electron chi connectivity index (χ1n) is 1.82. The smallest absolute Gasteiger partial charge is 0.128 e. The van der Waals surface area contributed by atoms with Crippen molar-refractivity contribution in [3.63, 3.8) is 0 Å². The van der Waals surface area contributed by atoms with Crippen molar-refractivity contribution < 1.29 is 0 Å². The molecule has 0 nitrogen and oxygen atoms in total. The minimum atomic E-state index is 0.824. The highest BCUT2D eigenvalue weighted by atomic mass is 32.1. The molecule has 0 fully saturated rings.